The van der Waals surface area contributed by atoms with Gasteiger partial charge in [0, 0.05) is 30.1 Å². The van der Waals surface area contributed by atoms with Crippen molar-refractivity contribution in [2.24, 2.45) is 5.73 Å². The van der Waals surface area contributed by atoms with E-state index < -0.39 is 0 Å². The Bertz CT molecular complexity index is 595. The van der Waals surface area contributed by atoms with Gasteiger partial charge < -0.3 is 15.2 Å². The third-order valence-electron chi connectivity index (χ3n) is 3.38. The SMILES string of the molecule is COc1ccc(C(N)Cc2ncnn2C(C)C)c(OC)c1. The van der Waals surface area contributed by atoms with Crippen LogP contribution in [0.2, 0.25) is 0 Å². The van der Waals surface area contributed by atoms with Crippen LogP contribution in [0.1, 0.15) is 37.3 Å². The first-order valence-corrected chi connectivity index (χ1v) is 6.92. The van der Waals surface area contributed by atoms with Crippen LogP contribution in [0.25, 0.3) is 0 Å². The molecule has 0 radical (unpaired) electrons. The zero-order valence-electron chi connectivity index (χ0n) is 12.9. The average molecular weight is 290 g/mol. The van der Waals surface area contributed by atoms with Crippen molar-refractivity contribution < 1.29 is 9.47 Å². The molecule has 0 aliphatic carbocycles. The van der Waals surface area contributed by atoms with Gasteiger partial charge in [-0.1, -0.05) is 6.07 Å². The Labute approximate surface area is 124 Å². The van der Waals surface area contributed by atoms with E-state index in [-0.39, 0.29) is 12.1 Å². The van der Waals surface area contributed by atoms with Gasteiger partial charge in [0.25, 0.3) is 0 Å². The molecule has 1 heterocycles. The van der Waals surface area contributed by atoms with E-state index in [4.69, 9.17) is 15.2 Å². The number of nitrogens with two attached hydrogens (primary N) is 1. The molecule has 21 heavy (non-hydrogen) atoms. The fourth-order valence-corrected chi connectivity index (χ4v) is 2.28. The summed E-state index contributed by atoms with van der Waals surface area (Å²) in [5.41, 5.74) is 7.25. The quantitative estimate of drug-likeness (QED) is 0.882. The second kappa shape index (κ2) is 6.58. The van der Waals surface area contributed by atoms with Crippen LogP contribution in [0, 0.1) is 0 Å². The molecule has 6 heteroatoms. The molecule has 0 aliphatic heterocycles. The summed E-state index contributed by atoms with van der Waals surface area (Å²) < 4.78 is 12.5. The van der Waals surface area contributed by atoms with Gasteiger partial charge >= 0.3 is 0 Å². The summed E-state index contributed by atoms with van der Waals surface area (Å²) in [7, 11) is 3.25. The van der Waals surface area contributed by atoms with Crippen LogP contribution < -0.4 is 15.2 Å². The fourth-order valence-electron chi connectivity index (χ4n) is 2.28. The number of hydrogen-bond donors (Lipinski definition) is 1. The number of hydrogen-bond acceptors (Lipinski definition) is 5. The van der Waals surface area contributed by atoms with E-state index in [1.807, 2.05) is 22.9 Å². The van der Waals surface area contributed by atoms with Crippen molar-refractivity contribution in [3.05, 3.63) is 35.9 Å². The van der Waals surface area contributed by atoms with Crippen molar-refractivity contribution in [2.45, 2.75) is 32.4 Å². The molecule has 114 valence electrons. The van der Waals surface area contributed by atoms with Gasteiger partial charge in [-0.05, 0) is 19.9 Å². The van der Waals surface area contributed by atoms with Gasteiger partial charge in [-0.15, -0.1) is 0 Å². The minimum atomic E-state index is -0.215. The molecule has 2 aromatic rings. The smallest absolute Gasteiger partial charge is 0.138 e. The van der Waals surface area contributed by atoms with Crippen LogP contribution in [-0.4, -0.2) is 29.0 Å². The number of benzene rings is 1. The van der Waals surface area contributed by atoms with Gasteiger partial charge in [-0.2, -0.15) is 5.10 Å². The Morgan fingerprint density at radius 1 is 1.24 bits per heavy atom. The van der Waals surface area contributed by atoms with Gasteiger partial charge in [-0.3, -0.25) is 0 Å². The second-order valence-corrected chi connectivity index (χ2v) is 5.13. The van der Waals surface area contributed by atoms with Gasteiger partial charge in [0.05, 0.1) is 14.2 Å². The molecular weight excluding hydrogens is 268 g/mol. The number of methoxy groups -OCH3 is 2. The van der Waals surface area contributed by atoms with E-state index in [1.165, 1.54) is 0 Å². The summed E-state index contributed by atoms with van der Waals surface area (Å²) in [6.07, 6.45) is 2.16. The summed E-state index contributed by atoms with van der Waals surface area (Å²) >= 11 is 0. The molecule has 2 rings (SSSR count). The molecule has 0 saturated heterocycles. The predicted octanol–water partition coefficient (Wildman–Crippen LogP) is 2.12. The molecule has 1 aromatic heterocycles. The van der Waals surface area contributed by atoms with Crippen LogP contribution in [0.5, 0.6) is 11.5 Å². The van der Waals surface area contributed by atoms with E-state index in [0.29, 0.717) is 6.42 Å². The van der Waals surface area contributed by atoms with Crippen molar-refractivity contribution in [1.29, 1.82) is 0 Å². The first kappa shape index (κ1) is 15.3. The molecule has 1 aromatic carbocycles. The first-order chi connectivity index (χ1) is 10.1. The largest absolute Gasteiger partial charge is 0.497 e. The highest BCUT2D eigenvalue weighted by Gasteiger charge is 2.17. The van der Waals surface area contributed by atoms with Gasteiger partial charge in [0.2, 0.25) is 0 Å². The maximum atomic E-state index is 6.32. The Balaban J connectivity index is 2.24. The lowest BCUT2D eigenvalue weighted by molar-refractivity contribution is 0.387. The number of ether oxygens (including phenoxy) is 2. The van der Waals surface area contributed by atoms with E-state index in [9.17, 15) is 0 Å². The lowest BCUT2D eigenvalue weighted by Crippen LogP contribution is -2.18. The van der Waals surface area contributed by atoms with E-state index in [2.05, 4.69) is 23.9 Å². The summed E-state index contributed by atoms with van der Waals surface area (Å²) in [6, 6.07) is 5.69. The van der Waals surface area contributed by atoms with Gasteiger partial charge in [0.15, 0.2) is 0 Å². The van der Waals surface area contributed by atoms with E-state index in [0.717, 1.165) is 22.9 Å². The average Bonchev–Trinajstić information content (AvgIpc) is 2.94. The lowest BCUT2D eigenvalue weighted by Gasteiger charge is -2.17. The van der Waals surface area contributed by atoms with Crippen molar-refractivity contribution >= 4 is 0 Å². The van der Waals surface area contributed by atoms with Crippen LogP contribution in [0.4, 0.5) is 0 Å². The normalized spacial score (nSPS) is 12.5. The summed E-state index contributed by atoms with van der Waals surface area (Å²) in [4.78, 5) is 4.30. The molecule has 2 N–H and O–H groups in total. The second-order valence-electron chi connectivity index (χ2n) is 5.13. The molecule has 0 spiro atoms. The maximum Gasteiger partial charge on any atom is 0.138 e. The Morgan fingerprint density at radius 3 is 2.62 bits per heavy atom. The number of aromatic nitrogens is 3. The Morgan fingerprint density at radius 2 is 2.00 bits per heavy atom. The molecule has 1 atom stereocenters. The maximum absolute atomic E-state index is 6.32. The van der Waals surface area contributed by atoms with Crippen molar-refractivity contribution in [3.8, 4) is 11.5 Å². The first-order valence-electron chi connectivity index (χ1n) is 6.92. The molecule has 0 fully saturated rings. The zero-order valence-corrected chi connectivity index (χ0v) is 12.9. The summed E-state index contributed by atoms with van der Waals surface area (Å²) in [6.45, 7) is 4.13. The molecule has 0 saturated carbocycles. The van der Waals surface area contributed by atoms with Crippen molar-refractivity contribution in [3.63, 3.8) is 0 Å². The number of rotatable bonds is 6. The Kier molecular flexibility index (Phi) is 4.80. The summed E-state index contributed by atoms with van der Waals surface area (Å²) in [5.74, 6) is 2.33. The molecule has 6 nitrogen and oxygen atoms in total. The van der Waals surface area contributed by atoms with Crippen LogP contribution in [0.3, 0.4) is 0 Å². The topological polar surface area (TPSA) is 75.2 Å². The highest BCUT2D eigenvalue weighted by Crippen LogP contribution is 2.29. The zero-order chi connectivity index (χ0) is 15.4. The number of nitrogens with zero attached hydrogens (tertiary/aromatic N) is 3. The van der Waals surface area contributed by atoms with E-state index in [1.54, 1.807) is 20.5 Å². The standard InChI is InChI=1S/C15H22N4O2/c1-10(2)19-15(17-9-18-19)8-13(16)12-6-5-11(20-3)7-14(12)21-4/h5-7,9-10,13H,8,16H2,1-4H3. The van der Waals surface area contributed by atoms with Gasteiger partial charge in [0.1, 0.15) is 23.7 Å². The van der Waals surface area contributed by atoms with Crippen LogP contribution in [0.15, 0.2) is 24.5 Å². The molecule has 0 bridgehead atoms. The van der Waals surface area contributed by atoms with Crippen molar-refractivity contribution in [2.75, 3.05) is 14.2 Å². The molecule has 1 unspecified atom stereocenters. The summed E-state index contributed by atoms with van der Waals surface area (Å²) in [5, 5.41) is 4.23. The fraction of sp³-hybridized carbons (Fsp3) is 0.467. The monoisotopic (exact) mass is 290 g/mol. The molecule has 0 aliphatic rings. The van der Waals surface area contributed by atoms with Gasteiger partial charge in [-0.25, -0.2) is 9.67 Å². The molecular formula is C15H22N4O2. The Hall–Kier alpha value is -2.08. The lowest BCUT2D eigenvalue weighted by atomic mass is 10.0. The highest BCUT2D eigenvalue weighted by atomic mass is 16.5. The minimum Gasteiger partial charge on any atom is -0.497 e. The third kappa shape index (κ3) is 3.33. The van der Waals surface area contributed by atoms with Crippen LogP contribution >= 0.6 is 0 Å². The van der Waals surface area contributed by atoms with Crippen molar-refractivity contribution in [1.82, 2.24) is 14.8 Å². The highest BCUT2D eigenvalue weighted by molar-refractivity contribution is 5.42. The predicted molar refractivity (Wildman–Crippen MR) is 80.6 cm³/mol. The third-order valence-corrected chi connectivity index (χ3v) is 3.38. The minimum absolute atomic E-state index is 0.215. The van der Waals surface area contributed by atoms with E-state index >= 15 is 0 Å². The molecule has 0 amide bonds. The van der Waals surface area contributed by atoms with Crippen LogP contribution in [-0.2, 0) is 6.42 Å².